The molecule has 3 aromatic rings. The SMILES string of the molecule is COc1ccc(C(=O)N2CCc3cc(OC)c(OC)cc3C2COc2ccccc2OC)cc1OC. The van der Waals surface area contributed by atoms with Gasteiger partial charge in [0.15, 0.2) is 34.5 Å². The van der Waals surface area contributed by atoms with Crippen molar-refractivity contribution in [2.45, 2.75) is 12.5 Å². The van der Waals surface area contributed by atoms with Crippen molar-refractivity contribution in [3.05, 3.63) is 71.3 Å². The maximum absolute atomic E-state index is 13.8. The minimum atomic E-state index is -0.376. The predicted molar refractivity (Wildman–Crippen MR) is 135 cm³/mol. The first kappa shape index (κ1) is 25.0. The van der Waals surface area contributed by atoms with Gasteiger partial charge in [-0.3, -0.25) is 4.79 Å². The average molecular weight is 494 g/mol. The van der Waals surface area contributed by atoms with E-state index in [1.807, 2.05) is 41.3 Å². The quantitative estimate of drug-likeness (QED) is 0.433. The molecular weight excluding hydrogens is 462 g/mol. The highest BCUT2D eigenvalue weighted by atomic mass is 16.5. The van der Waals surface area contributed by atoms with E-state index in [-0.39, 0.29) is 18.6 Å². The highest BCUT2D eigenvalue weighted by molar-refractivity contribution is 5.95. The summed E-state index contributed by atoms with van der Waals surface area (Å²) >= 11 is 0. The first-order valence-corrected chi connectivity index (χ1v) is 11.6. The van der Waals surface area contributed by atoms with E-state index < -0.39 is 0 Å². The maximum atomic E-state index is 13.8. The Bertz CT molecular complexity index is 1230. The fourth-order valence-corrected chi connectivity index (χ4v) is 4.49. The number of methoxy groups -OCH3 is 5. The molecule has 0 aromatic heterocycles. The molecule has 0 saturated heterocycles. The van der Waals surface area contributed by atoms with Crippen molar-refractivity contribution in [3.63, 3.8) is 0 Å². The summed E-state index contributed by atoms with van der Waals surface area (Å²) in [6.45, 7) is 0.734. The highest BCUT2D eigenvalue weighted by Gasteiger charge is 2.34. The van der Waals surface area contributed by atoms with E-state index in [4.69, 9.17) is 28.4 Å². The molecule has 1 aliphatic heterocycles. The van der Waals surface area contributed by atoms with Gasteiger partial charge in [0, 0.05) is 12.1 Å². The molecule has 1 aliphatic rings. The van der Waals surface area contributed by atoms with Crippen LogP contribution in [0.4, 0.5) is 0 Å². The Morgan fingerprint density at radius 1 is 0.750 bits per heavy atom. The van der Waals surface area contributed by atoms with Crippen LogP contribution in [0.1, 0.15) is 27.5 Å². The van der Waals surface area contributed by atoms with Gasteiger partial charge in [-0.25, -0.2) is 0 Å². The van der Waals surface area contributed by atoms with E-state index >= 15 is 0 Å². The van der Waals surface area contributed by atoms with Crippen LogP contribution in [-0.2, 0) is 6.42 Å². The zero-order chi connectivity index (χ0) is 25.7. The van der Waals surface area contributed by atoms with Gasteiger partial charge >= 0.3 is 0 Å². The van der Waals surface area contributed by atoms with Gasteiger partial charge in [-0.15, -0.1) is 0 Å². The molecule has 190 valence electrons. The van der Waals surface area contributed by atoms with Crippen LogP contribution in [0.2, 0.25) is 0 Å². The molecule has 1 unspecified atom stereocenters. The molecule has 8 nitrogen and oxygen atoms in total. The highest BCUT2D eigenvalue weighted by Crippen LogP contribution is 2.40. The molecule has 3 aromatic carbocycles. The molecule has 1 amide bonds. The first-order valence-electron chi connectivity index (χ1n) is 11.6. The Balaban J connectivity index is 1.73. The summed E-state index contributed by atoms with van der Waals surface area (Å²) in [5.74, 6) is 3.40. The van der Waals surface area contributed by atoms with Gasteiger partial charge in [0.2, 0.25) is 0 Å². The van der Waals surface area contributed by atoms with Crippen LogP contribution in [0, 0.1) is 0 Å². The number of nitrogens with zero attached hydrogens (tertiary/aromatic N) is 1. The molecule has 0 fully saturated rings. The Labute approximate surface area is 211 Å². The molecule has 0 saturated carbocycles. The predicted octanol–water partition coefficient (Wildman–Crippen LogP) is 4.55. The second-order valence-corrected chi connectivity index (χ2v) is 8.20. The molecule has 0 N–H and O–H groups in total. The van der Waals surface area contributed by atoms with Crippen molar-refractivity contribution in [1.82, 2.24) is 4.90 Å². The molecule has 0 radical (unpaired) electrons. The minimum absolute atomic E-state index is 0.134. The van der Waals surface area contributed by atoms with Gasteiger partial charge in [-0.05, 0) is 60.0 Å². The van der Waals surface area contributed by atoms with Crippen LogP contribution < -0.4 is 28.4 Å². The molecule has 4 rings (SSSR count). The number of fused-ring (bicyclic) bond motifs is 1. The second kappa shape index (κ2) is 11.1. The fourth-order valence-electron chi connectivity index (χ4n) is 4.49. The van der Waals surface area contributed by atoms with Crippen molar-refractivity contribution in [1.29, 1.82) is 0 Å². The third-order valence-electron chi connectivity index (χ3n) is 6.36. The zero-order valence-corrected chi connectivity index (χ0v) is 21.2. The summed E-state index contributed by atoms with van der Waals surface area (Å²) in [4.78, 5) is 15.6. The van der Waals surface area contributed by atoms with E-state index in [1.54, 1.807) is 53.7 Å². The molecule has 0 aliphatic carbocycles. The zero-order valence-electron chi connectivity index (χ0n) is 21.2. The molecule has 8 heteroatoms. The molecule has 0 bridgehead atoms. The maximum Gasteiger partial charge on any atom is 0.254 e. The first-order chi connectivity index (χ1) is 17.5. The lowest BCUT2D eigenvalue weighted by Crippen LogP contribution is -2.42. The lowest BCUT2D eigenvalue weighted by atomic mass is 9.91. The summed E-state index contributed by atoms with van der Waals surface area (Å²) in [5.41, 5.74) is 2.53. The summed E-state index contributed by atoms with van der Waals surface area (Å²) in [6, 6.07) is 16.1. The van der Waals surface area contributed by atoms with Gasteiger partial charge in [-0.2, -0.15) is 0 Å². The van der Waals surface area contributed by atoms with Gasteiger partial charge in [-0.1, -0.05) is 12.1 Å². The van der Waals surface area contributed by atoms with E-state index in [0.29, 0.717) is 53.0 Å². The van der Waals surface area contributed by atoms with Gasteiger partial charge in [0.05, 0.1) is 41.6 Å². The van der Waals surface area contributed by atoms with Crippen LogP contribution in [0.25, 0.3) is 0 Å². The van der Waals surface area contributed by atoms with Gasteiger partial charge < -0.3 is 33.3 Å². The third kappa shape index (κ3) is 4.84. The van der Waals surface area contributed by atoms with Crippen LogP contribution in [0.5, 0.6) is 34.5 Å². The molecule has 0 spiro atoms. The number of carbonyl (C=O) groups excluding carboxylic acids is 1. The number of carbonyl (C=O) groups is 1. The van der Waals surface area contributed by atoms with Crippen molar-refractivity contribution in [2.24, 2.45) is 0 Å². The Hall–Kier alpha value is -4.07. The van der Waals surface area contributed by atoms with E-state index in [1.165, 1.54) is 0 Å². The lowest BCUT2D eigenvalue weighted by molar-refractivity contribution is 0.0587. The molecular formula is C28H31NO7. The van der Waals surface area contributed by atoms with Gasteiger partial charge in [0.1, 0.15) is 6.61 Å². The monoisotopic (exact) mass is 493 g/mol. The fraction of sp³-hybridized carbons (Fsp3) is 0.321. The topological polar surface area (TPSA) is 75.7 Å². The number of amides is 1. The third-order valence-corrected chi connectivity index (χ3v) is 6.36. The smallest absolute Gasteiger partial charge is 0.254 e. The molecule has 36 heavy (non-hydrogen) atoms. The summed E-state index contributed by atoms with van der Waals surface area (Å²) in [5, 5.41) is 0. The van der Waals surface area contributed by atoms with E-state index in [9.17, 15) is 4.79 Å². The van der Waals surface area contributed by atoms with Crippen molar-refractivity contribution in [3.8, 4) is 34.5 Å². The normalized spacial score (nSPS) is 14.5. The summed E-state index contributed by atoms with van der Waals surface area (Å²) in [7, 11) is 7.92. The van der Waals surface area contributed by atoms with Crippen molar-refractivity contribution >= 4 is 5.91 Å². The number of hydrogen-bond donors (Lipinski definition) is 0. The Morgan fingerprint density at radius 2 is 1.33 bits per heavy atom. The largest absolute Gasteiger partial charge is 0.493 e. The van der Waals surface area contributed by atoms with Crippen LogP contribution >= 0.6 is 0 Å². The van der Waals surface area contributed by atoms with E-state index in [2.05, 4.69) is 0 Å². The number of ether oxygens (including phenoxy) is 6. The number of para-hydroxylation sites is 2. The van der Waals surface area contributed by atoms with Crippen LogP contribution in [-0.4, -0.2) is 59.5 Å². The lowest BCUT2D eigenvalue weighted by Gasteiger charge is -2.37. The number of rotatable bonds is 9. The summed E-state index contributed by atoms with van der Waals surface area (Å²) in [6.07, 6.45) is 0.667. The number of benzene rings is 3. The number of hydrogen-bond acceptors (Lipinski definition) is 7. The van der Waals surface area contributed by atoms with Gasteiger partial charge in [0.25, 0.3) is 5.91 Å². The molecule has 1 atom stereocenters. The Morgan fingerprint density at radius 3 is 2.00 bits per heavy atom. The summed E-state index contributed by atoms with van der Waals surface area (Å²) < 4.78 is 33.5. The second-order valence-electron chi connectivity index (χ2n) is 8.20. The van der Waals surface area contributed by atoms with Crippen LogP contribution in [0.15, 0.2) is 54.6 Å². The Kier molecular flexibility index (Phi) is 7.73. The van der Waals surface area contributed by atoms with E-state index in [0.717, 1.165) is 11.1 Å². The van der Waals surface area contributed by atoms with Crippen molar-refractivity contribution < 1.29 is 33.2 Å². The average Bonchev–Trinajstić information content (AvgIpc) is 2.94. The standard InChI is InChI=1S/C28H31NO7/c1-31-22-8-6-7-9-24(22)36-17-21-20-16-27(35-5)26(34-4)14-18(20)12-13-29(21)28(30)19-10-11-23(32-2)25(15-19)33-3/h6-11,14-16,21H,12-13,17H2,1-5H3. The molecule has 1 heterocycles. The van der Waals surface area contributed by atoms with Crippen LogP contribution in [0.3, 0.4) is 0 Å². The minimum Gasteiger partial charge on any atom is -0.493 e. The van der Waals surface area contributed by atoms with Crippen molar-refractivity contribution in [2.75, 3.05) is 48.7 Å².